The molecule has 0 radical (unpaired) electrons. The fraction of sp³-hybridized carbons (Fsp3) is 0.364. The molecule has 0 aliphatic heterocycles. The number of hydrogen-bond donors (Lipinski definition) is 0. The Morgan fingerprint density at radius 1 is 1.25 bits per heavy atom. The molecular weight excluding hydrogens is 311 g/mol. The molecule has 0 aliphatic rings. The van der Waals surface area contributed by atoms with Crippen LogP contribution in [0.5, 0.6) is 0 Å². The van der Waals surface area contributed by atoms with Crippen LogP contribution in [0.2, 0.25) is 0 Å². The first kappa shape index (κ1) is 10.0. The van der Waals surface area contributed by atoms with Gasteiger partial charge in [-0.3, -0.25) is 0 Å². The van der Waals surface area contributed by atoms with Crippen molar-refractivity contribution in [2.75, 3.05) is 0 Å². The minimum absolute atomic E-state index is 1.15. The number of rotatable bonds is 4. The minimum atomic E-state index is 1.15. The third-order valence-corrected chi connectivity index (χ3v) is 3.16. The van der Waals surface area contributed by atoms with Crippen molar-refractivity contribution in [3.05, 3.63) is 35.4 Å². The third-order valence-electron chi connectivity index (χ3n) is 1.97. The molecule has 0 heterocycles. The molecule has 0 saturated carbocycles. The molecule has 0 saturated heterocycles. The van der Waals surface area contributed by atoms with Crippen molar-refractivity contribution in [3.8, 4) is 0 Å². The van der Waals surface area contributed by atoms with Crippen LogP contribution >= 0.6 is 0 Å². The molecule has 0 amide bonds. The van der Waals surface area contributed by atoms with E-state index < -0.39 is 0 Å². The molecule has 1 aromatic carbocycles. The van der Waals surface area contributed by atoms with Crippen LogP contribution in [0.25, 0.3) is 0 Å². The van der Waals surface area contributed by atoms with Gasteiger partial charge in [-0.05, 0) is 0 Å². The molecule has 1 heteroatoms. The van der Waals surface area contributed by atoms with Crippen LogP contribution in [-0.2, 0) is 30.3 Å². The number of unbranched alkanes of at least 4 members (excludes halogenated alkanes) is 1. The maximum absolute atomic E-state index is 2.27. The summed E-state index contributed by atoms with van der Waals surface area (Å²) in [6, 6.07) is 8.94. The summed E-state index contributed by atoms with van der Waals surface area (Å²) in [6.07, 6.45) is 3.83. The quantitative estimate of drug-likeness (QED) is 0.747. The predicted octanol–water partition coefficient (Wildman–Crippen LogP) is 2.73. The van der Waals surface area contributed by atoms with Gasteiger partial charge in [0.15, 0.2) is 0 Å². The van der Waals surface area contributed by atoms with E-state index in [9.17, 15) is 0 Å². The molecule has 12 heavy (non-hydrogen) atoms. The Balaban J connectivity index is 2.58. The molecule has 0 bridgehead atoms. The van der Waals surface area contributed by atoms with Crippen molar-refractivity contribution in [1.82, 2.24) is 0 Å². The monoisotopic (exact) mass is 326 g/mol. The Labute approximate surface area is 89.0 Å². The molecular formula is C11H14Hf+2. The Morgan fingerprint density at radius 2 is 1.92 bits per heavy atom. The average Bonchev–Trinajstić information content (AvgIpc) is 2.15. The zero-order valence-corrected chi connectivity index (χ0v) is 11.1. The molecule has 0 atom stereocenters. The fourth-order valence-corrected chi connectivity index (χ4v) is 1.85. The van der Waals surface area contributed by atoms with Crippen LogP contribution < -0.4 is 0 Å². The summed E-state index contributed by atoms with van der Waals surface area (Å²) in [7, 11) is 0. The van der Waals surface area contributed by atoms with E-state index in [0.717, 1.165) is 23.9 Å². The molecule has 0 aliphatic carbocycles. The maximum atomic E-state index is 2.27. The Hall–Kier alpha value is -0.0399. The van der Waals surface area contributed by atoms with Crippen molar-refractivity contribution in [3.63, 3.8) is 0 Å². The second kappa shape index (κ2) is 5.58. The van der Waals surface area contributed by atoms with Gasteiger partial charge < -0.3 is 0 Å². The predicted molar refractivity (Wildman–Crippen MR) is 50.2 cm³/mol. The number of benzene rings is 1. The van der Waals surface area contributed by atoms with E-state index in [0.29, 0.717) is 0 Å². The van der Waals surface area contributed by atoms with Crippen molar-refractivity contribution >= 4 is 3.76 Å². The van der Waals surface area contributed by atoms with Gasteiger partial charge in [0.2, 0.25) is 0 Å². The second-order valence-electron chi connectivity index (χ2n) is 2.99. The molecule has 0 fully saturated rings. The van der Waals surface area contributed by atoms with Gasteiger partial charge in [-0.2, -0.15) is 0 Å². The normalized spacial score (nSPS) is 9.92. The van der Waals surface area contributed by atoms with Gasteiger partial charge in [0.1, 0.15) is 0 Å². The first-order valence-electron chi connectivity index (χ1n) is 4.46. The van der Waals surface area contributed by atoms with E-state index in [-0.39, 0.29) is 0 Å². The Kier molecular flexibility index (Phi) is 4.67. The van der Waals surface area contributed by atoms with Crippen LogP contribution in [0.15, 0.2) is 24.3 Å². The summed E-state index contributed by atoms with van der Waals surface area (Å²) in [6.45, 7) is 2.24. The molecule has 1 rings (SSSR count). The van der Waals surface area contributed by atoms with E-state index in [1.54, 1.807) is 0 Å². The first-order valence-corrected chi connectivity index (χ1v) is 6.53. The van der Waals surface area contributed by atoms with Crippen LogP contribution in [0, 0.1) is 0 Å². The molecule has 0 spiro atoms. The summed E-state index contributed by atoms with van der Waals surface area (Å²) in [5.41, 5.74) is 2.85. The van der Waals surface area contributed by atoms with Gasteiger partial charge >= 0.3 is 89.2 Å². The number of aryl methyl sites for hydroxylation is 1. The summed E-state index contributed by atoms with van der Waals surface area (Å²) in [5, 5.41) is 0. The summed E-state index contributed by atoms with van der Waals surface area (Å²) in [4.78, 5) is 0. The Morgan fingerprint density at radius 3 is 2.42 bits per heavy atom. The zero-order valence-electron chi connectivity index (χ0n) is 7.51. The van der Waals surface area contributed by atoms with Gasteiger partial charge in [-0.25, -0.2) is 0 Å². The van der Waals surface area contributed by atoms with E-state index in [1.165, 1.54) is 30.4 Å². The molecule has 60 valence electrons. The average molecular weight is 325 g/mol. The standard InChI is InChI=1S/C11H14.Hf/c1-3-4-5-11-8-6-10(2)7-9-11;/h2,6-9H,3-5H2,1H3;/q;+2. The number of hydrogen-bond acceptors (Lipinski definition) is 0. The van der Waals surface area contributed by atoms with Crippen LogP contribution in [0.4, 0.5) is 0 Å². The van der Waals surface area contributed by atoms with Crippen LogP contribution in [0.1, 0.15) is 30.9 Å². The Bertz CT molecular complexity index is 236. The fourth-order valence-electron chi connectivity index (χ4n) is 1.16. The van der Waals surface area contributed by atoms with Gasteiger partial charge in [0.25, 0.3) is 0 Å². The van der Waals surface area contributed by atoms with E-state index >= 15 is 0 Å². The molecule has 0 aromatic heterocycles. The third kappa shape index (κ3) is 3.14. The molecule has 1 aromatic rings. The first-order chi connectivity index (χ1) is 5.86. The van der Waals surface area contributed by atoms with Crippen LogP contribution in [0.3, 0.4) is 0 Å². The van der Waals surface area contributed by atoms with Crippen molar-refractivity contribution in [1.29, 1.82) is 0 Å². The topological polar surface area (TPSA) is 0 Å². The van der Waals surface area contributed by atoms with E-state index in [2.05, 4.69) is 34.9 Å². The van der Waals surface area contributed by atoms with Gasteiger partial charge in [-0.1, -0.05) is 0 Å². The van der Waals surface area contributed by atoms with Crippen molar-refractivity contribution in [2.45, 2.75) is 26.2 Å². The summed E-state index contributed by atoms with van der Waals surface area (Å²) >= 11 is 1.15. The summed E-state index contributed by atoms with van der Waals surface area (Å²) in [5.74, 6) is 0. The molecule has 0 nitrogen and oxygen atoms in total. The van der Waals surface area contributed by atoms with E-state index in [4.69, 9.17) is 0 Å². The second-order valence-corrected chi connectivity index (χ2v) is 4.03. The van der Waals surface area contributed by atoms with Gasteiger partial charge in [-0.15, -0.1) is 0 Å². The molecule has 0 N–H and O–H groups in total. The van der Waals surface area contributed by atoms with Crippen molar-refractivity contribution < 1.29 is 23.9 Å². The summed E-state index contributed by atoms with van der Waals surface area (Å²) < 4.78 is 2.27. The van der Waals surface area contributed by atoms with Gasteiger partial charge in [0.05, 0.1) is 0 Å². The zero-order chi connectivity index (χ0) is 8.81. The van der Waals surface area contributed by atoms with Crippen LogP contribution in [-0.4, -0.2) is 3.76 Å². The van der Waals surface area contributed by atoms with E-state index in [1.807, 2.05) is 0 Å². The molecule has 0 unspecified atom stereocenters. The van der Waals surface area contributed by atoms with Gasteiger partial charge in [0, 0.05) is 0 Å². The SMILES string of the molecule is CCCCc1ccc([CH]=[Hf+2])cc1. The van der Waals surface area contributed by atoms with Crippen molar-refractivity contribution in [2.24, 2.45) is 0 Å².